The molecule has 0 bridgehead atoms. The van der Waals surface area contributed by atoms with Crippen LogP contribution in [0.15, 0.2) is 17.2 Å². The maximum absolute atomic E-state index is 12.0. The van der Waals surface area contributed by atoms with E-state index in [1.165, 1.54) is 18.2 Å². The first-order valence-corrected chi connectivity index (χ1v) is 8.21. The highest BCUT2D eigenvalue weighted by molar-refractivity contribution is 7.99. The number of anilines is 1. The summed E-state index contributed by atoms with van der Waals surface area (Å²) in [5.41, 5.74) is 0. The molecule has 2 amide bonds. The number of hydrogen-bond acceptors (Lipinski definition) is 5. The number of likely N-dealkylation sites (tertiary alicyclic amines) is 1. The Morgan fingerprint density at radius 3 is 2.62 bits per heavy atom. The molecule has 0 spiro atoms. The summed E-state index contributed by atoms with van der Waals surface area (Å²) in [7, 11) is 0. The Morgan fingerprint density at radius 2 is 2.00 bits per heavy atom. The molecule has 7 heteroatoms. The number of amides is 2. The van der Waals surface area contributed by atoms with Crippen molar-refractivity contribution in [2.75, 3.05) is 24.2 Å². The molecule has 0 aliphatic carbocycles. The van der Waals surface area contributed by atoms with Crippen LogP contribution in [0.3, 0.4) is 0 Å². The lowest BCUT2D eigenvalue weighted by Gasteiger charge is -2.26. The second-order valence-electron chi connectivity index (χ2n) is 4.89. The van der Waals surface area contributed by atoms with Crippen LogP contribution in [-0.2, 0) is 9.59 Å². The summed E-state index contributed by atoms with van der Waals surface area (Å²) in [4.78, 5) is 25.2. The first kappa shape index (κ1) is 15.8. The Bertz CT molecular complexity index is 486. The van der Waals surface area contributed by atoms with Crippen molar-refractivity contribution in [2.24, 2.45) is 0 Å². The molecule has 6 nitrogen and oxygen atoms in total. The van der Waals surface area contributed by atoms with Gasteiger partial charge in [-0.3, -0.25) is 9.59 Å². The van der Waals surface area contributed by atoms with Crippen molar-refractivity contribution < 1.29 is 9.59 Å². The van der Waals surface area contributed by atoms with Gasteiger partial charge in [0.2, 0.25) is 11.8 Å². The molecule has 0 saturated carbocycles. The van der Waals surface area contributed by atoms with E-state index < -0.39 is 0 Å². The molecule has 2 rings (SSSR count). The molecule has 1 saturated heterocycles. The molecule has 0 atom stereocenters. The zero-order chi connectivity index (χ0) is 15.1. The normalized spacial score (nSPS) is 14.8. The number of nitrogens with zero attached hydrogens (tertiary/aromatic N) is 3. The van der Waals surface area contributed by atoms with Crippen molar-refractivity contribution >= 4 is 29.4 Å². The van der Waals surface area contributed by atoms with Gasteiger partial charge in [-0.2, -0.15) is 0 Å². The molecule has 1 fully saturated rings. The van der Waals surface area contributed by atoms with Gasteiger partial charge in [-0.05, 0) is 31.4 Å². The summed E-state index contributed by atoms with van der Waals surface area (Å²) in [6.45, 7) is 3.51. The van der Waals surface area contributed by atoms with Gasteiger partial charge >= 0.3 is 0 Å². The highest BCUT2D eigenvalue weighted by Gasteiger charge is 2.16. The number of carbonyl (C=O) groups is 2. The summed E-state index contributed by atoms with van der Waals surface area (Å²) in [6.07, 6.45) is 3.82. The van der Waals surface area contributed by atoms with E-state index in [0.717, 1.165) is 25.9 Å². The number of nitrogens with one attached hydrogen (secondary N) is 1. The van der Waals surface area contributed by atoms with Gasteiger partial charge in [0, 0.05) is 19.5 Å². The van der Waals surface area contributed by atoms with E-state index in [1.807, 2.05) is 4.90 Å². The minimum atomic E-state index is -0.0926. The Morgan fingerprint density at radius 1 is 1.24 bits per heavy atom. The average molecular weight is 308 g/mol. The lowest BCUT2D eigenvalue weighted by Crippen LogP contribution is -2.36. The van der Waals surface area contributed by atoms with E-state index in [-0.39, 0.29) is 11.8 Å². The lowest BCUT2D eigenvalue weighted by molar-refractivity contribution is -0.129. The van der Waals surface area contributed by atoms with Crippen LogP contribution in [-0.4, -0.2) is 45.8 Å². The molecule has 2 heterocycles. The number of rotatable bonds is 5. The topological polar surface area (TPSA) is 75.2 Å². The van der Waals surface area contributed by atoms with Crippen molar-refractivity contribution in [1.82, 2.24) is 15.1 Å². The van der Waals surface area contributed by atoms with Crippen molar-refractivity contribution in [3.05, 3.63) is 12.1 Å². The predicted octanol–water partition coefficient (Wildman–Crippen LogP) is 1.93. The second-order valence-corrected chi connectivity index (χ2v) is 5.88. The molecule has 0 aromatic carbocycles. The van der Waals surface area contributed by atoms with Gasteiger partial charge in [0.1, 0.15) is 5.03 Å². The van der Waals surface area contributed by atoms with Gasteiger partial charge in [0.25, 0.3) is 0 Å². The third-order valence-electron chi connectivity index (χ3n) is 3.28. The summed E-state index contributed by atoms with van der Waals surface area (Å²) in [6, 6.07) is 3.47. The van der Waals surface area contributed by atoms with Crippen LogP contribution in [0, 0.1) is 0 Å². The number of aromatic nitrogens is 2. The molecule has 1 aromatic rings. The highest BCUT2D eigenvalue weighted by Crippen LogP contribution is 2.17. The molecule has 1 aromatic heterocycles. The number of piperidine rings is 1. The molecular weight excluding hydrogens is 288 g/mol. The quantitative estimate of drug-likeness (QED) is 0.841. The van der Waals surface area contributed by atoms with Crippen molar-refractivity contribution in [1.29, 1.82) is 0 Å². The van der Waals surface area contributed by atoms with Crippen molar-refractivity contribution in [2.45, 2.75) is 37.6 Å². The zero-order valence-corrected chi connectivity index (χ0v) is 13.0. The van der Waals surface area contributed by atoms with Crippen LogP contribution in [0.4, 0.5) is 5.82 Å². The Labute approximate surface area is 128 Å². The smallest absolute Gasteiger partial charge is 0.232 e. The predicted molar refractivity (Wildman–Crippen MR) is 82.1 cm³/mol. The van der Waals surface area contributed by atoms with Crippen LogP contribution in [0.25, 0.3) is 0 Å². The molecule has 0 radical (unpaired) electrons. The molecule has 21 heavy (non-hydrogen) atoms. The fraction of sp³-hybridized carbons (Fsp3) is 0.571. The van der Waals surface area contributed by atoms with E-state index in [1.54, 1.807) is 19.1 Å². The van der Waals surface area contributed by atoms with Crippen LogP contribution in [0.2, 0.25) is 0 Å². The van der Waals surface area contributed by atoms with Crippen LogP contribution >= 0.6 is 11.8 Å². The molecule has 1 N–H and O–H groups in total. The van der Waals surface area contributed by atoms with E-state index >= 15 is 0 Å². The molecule has 0 unspecified atom stereocenters. The SMILES string of the molecule is CCC(=O)Nc1ccc(SCC(=O)N2CCCCC2)nn1. The van der Waals surface area contributed by atoms with Gasteiger partial charge in [0.15, 0.2) is 5.82 Å². The average Bonchev–Trinajstić information content (AvgIpc) is 2.54. The first-order chi connectivity index (χ1) is 10.2. The van der Waals surface area contributed by atoms with Crippen molar-refractivity contribution in [3.8, 4) is 0 Å². The minimum Gasteiger partial charge on any atom is -0.342 e. The van der Waals surface area contributed by atoms with Crippen LogP contribution in [0.5, 0.6) is 0 Å². The maximum atomic E-state index is 12.0. The molecular formula is C14H20N4O2S. The van der Waals surface area contributed by atoms with Gasteiger partial charge in [0.05, 0.1) is 5.75 Å². The summed E-state index contributed by atoms with van der Waals surface area (Å²) in [5.74, 6) is 0.887. The Balaban J connectivity index is 1.80. The summed E-state index contributed by atoms with van der Waals surface area (Å²) >= 11 is 1.38. The van der Waals surface area contributed by atoms with Gasteiger partial charge in [-0.15, -0.1) is 10.2 Å². The molecule has 114 valence electrons. The molecule has 1 aliphatic heterocycles. The maximum Gasteiger partial charge on any atom is 0.232 e. The minimum absolute atomic E-state index is 0.0926. The third kappa shape index (κ3) is 5.00. The van der Waals surface area contributed by atoms with E-state index in [4.69, 9.17) is 0 Å². The van der Waals surface area contributed by atoms with E-state index in [2.05, 4.69) is 15.5 Å². The number of thioether (sulfide) groups is 1. The van der Waals surface area contributed by atoms with E-state index in [0.29, 0.717) is 23.0 Å². The first-order valence-electron chi connectivity index (χ1n) is 7.23. The van der Waals surface area contributed by atoms with Gasteiger partial charge < -0.3 is 10.2 Å². The Hall–Kier alpha value is -1.63. The summed E-state index contributed by atoms with van der Waals surface area (Å²) < 4.78 is 0. The van der Waals surface area contributed by atoms with Crippen LogP contribution in [0.1, 0.15) is 32.6 Å². The monoisotopic (exact) mass is 308 g/mol. The largest absolute Gasteiger partial charge is 0.342 e. The van der Waals surface area contributed by atoms with Gasteiger partial charge in [-0.25, -0.2) is 0 Å². The zero-order valence-electron chi connectivity index (χ0n) is 12.2. The van der Waals surface area contributed by atoms with E-state index in [9.17, 15) is 9.59 Å². The standard InChI is InChI=1S/C14H20N4O2S/c1-2-12(19)15-11-6-7-13(17-16-11)21-10-14(20)18-8-4-3-5-9-18/h6-7H,2-5,8-10H2,1H3,(H,15,16,19). The molecule has 1 aliphatic rings. The number of hydrogen-bond donors (Lipinski definition) is 1. The second kappa shape index (κ2) is 7.97. The fourth-order valence-corrected chi connectivity index (χ4v) is 2.78. The highest BCUT2D eigenvalue weighted by atomic mass is 32.2. The fourth-order valence-electron chi connectivity index (χ4n) is 2.07. The van der Waals surface area contributed by atoms with Gasteiger partial charge in [-0.1, -0.05) is 18.7 Å². The number of carbonyl (C=O) groups excluding carboxylic acids is 2. The summed E-state index contributed by atoms with van der Waals surface area (Å²) in [5, 5.41) is 11.3. The Kier molecular flexibility index (Phi) is 5.98. The van der Waals surface area contributed by atoms with Crippen LogP contribution < -0.4 is 5.32 Å². The van der Waals surface area contributed by atoms with Crippen molar-refractivity contribution in [3.63, 3.8) is 0 Å². The lowest BCUT2D eigenvalue weighted by atomic mass is 10.1. The third-order valence-corrected chi connectivity index (χ3v) is 4.19.